The van der Waals surface area contributed by atoms with E-state index in [9.17, 15) is 9.59 Å². The van der Waals surface area contributed by atoms with Crippen molar-refractivity contribution in [1.82, 2.24) is 30.6 Å². The minimum atomic E-state index is -1.11. The fourth-order valence-corrected chi connectivity index (χ4v) is 1.58. The number of hydrogen-bond acceptors (Lipinski definition) is 4. The second-order valence-electron chi connectivity index (χ2n) is 4.08. The van der Waals surface area contributed by atoms with Crippen molar-refractivity contribution < 1.29 is 14.7 Å². The minimum Gasteiger partial charge on any atom is -0.480 e. The molecule has 0 aliphatic rings. The van der Waals surface area contributed by atoms with Crippen molar-refractivity contribution in [2.75, 3.05) is 0 Å². The Hall–Kier alpha value is -2.84. The summed E-state index contributed by atoms with van der Waals surface area (Å²) >= 11 is 0. The van der Waals surface area contributed by atoms with Crippen LogP contribution in [-0.2, 0) is 17.8 Å². The molecule has 0 bridgehead atoms. The molecule has 20 heavy (non-hydrogen) atoms. The molecule has 0 unspecified atom stereocenters. The third kappa shape index (κ3) is 3.83. The van der Waals surface area contributed by atoms with Gasteiger partial charge >= 0.3 is 12.0 Å². The highest BCUT2D eigenvalue weighted by atomic mass is 16.4. The third-order valence-corrected chi connectivity index (χ3v) is 2.58. The molecule has 0 spiro atoms. The number of carboxylic acids is 1. The fourth-order valence-electron chi connectivity index (χ4n) is 1.58. The van der Waals surface area contributed by atoms with Gasteiger partial charge in [0.05, 0.1) is 24.9 Å². The number of nitrogens with zero attached hydrogens (tertiary/aromatic N) is 2. The Morgan fingerprint density at radius 2 is 1.85 bits per heavy atom. The average Bonchev–Trinajstić information content (AvgIpc) is 3.08. The van der Waals surface area contributed by atoms with Gasteiger partial charge in [0.2, 0.25) is 0 Å². The SMILES string of the molecule is O=C(NCc1cnc[nH]1)N[C@H](Cc1cnc[nH]1)C(=O)O. The van der Waals surface area contributed by atoms with Gasteiger partial charge < -0.3 is 25.7 Å². The van der Waals surface area contributed by atoms with Crippen LogP contribution < -0.4 is 10.6 Å². The summed E-state index contributed by atoms with van der Waals surface area (Å²) in [5, 5.41) is 14.0. The molecule has 2 heterocycles. The lowest BCUT2D eigenvalue weighted by Crippen LogP contribution is -2.47. The number of nitrogens with one attached hydrogen (secondary N) is 4. The molecule has 9 heteroatoms. The van der Waals surface area contributed by atoms with Crippen LogP contribution in [0.25, 0.3) is 0 Å². The maximum Gasteiger partial charge on any atom is 0.326 e. The van der Waals surface area contributed by atoms with Crippen molar-refractivity contribution in [3.05, 3.63) is 36.4 Å². The highest BCUT2D eigenvalue weighted by Crippen LogP contribution is 1.99. The van der Waals surface area contributed by atoms with E-state index in [1.54, 1.807) is 6.20 Å². The summed E-state index contributed by atoms with van der Waals surface area (Å²) < 4.78 is 0. The number of H-pyrrole nitrogens is 2. The number of hydrogen-bond donors (Lipinski definition) is 5. The van der Waals surface area contributed by atoms with Crippen molar-refractivity contribution in [2.45, 2.75) is 19.0 Å². The molecule has 0 aliphatic carbocycles. The first-order valence-electron chi connectivity index (χ1n) is 5.87. The number of amides is 2. The van der Waals surface area contributed by atoms with Gasteiger partial charge in [-0.2, -0.15) is 0 Å². The van der Waals surface area contributed by atoms with Crippen molar-refractivity contribution >= 4 is 12.0 Å². The summed E-state index contributed by atoms with van der Waals surface area (Å²) in [5.41, 5.74) is 1.35. The fraction of sp³-hybridized carbons (Fsp3) is 0.273. The molecule has 2 amide bonds. The number of carboxylic acid groups (broad SMARTS) is 1. The first kappa shape index (κ1) is 13.6. The second-order valence-corrected chi connectivity index (χ2v) is 4.08. The smallest absolute Gasteiger partial charge is 0.326 e. The lowest BCUT2D eigenvalue weighted by Gasteiger charge is -2.14. The molecule has 0 aromatic carbocycles. The van der Waals surface area contributed by atoms with Gasteiger partial charge in [-0.15, -0.1) is 0 Å². The Morgan fingerprint density at radius 3 is 2.40 bits per heavy atom. The number of aromatic nitrogens is 4. The quantitative estimate of drug-likeness (QED) is 0.491. The van der Waals surface area contributed by atoms with Crippen LogP contribution in [0.2, 0.25) is 0 Å². The van der Waals surface area contributed by atoms with Gasteiger partial charge in [0.25, 0.3) is 0 Å². The van der Waals surface area contributed by atoms with Crippen molar-refractivity contribution in [3.8, 4) is 0 Å². The monoisotopic (exact) mass is 278 g/mol. The zero-order valence-electron chi connectivity index (χ0n) is 10.5. The zero-order chi connectivity index (χ0) is 14.4. The molecule has 2 rings (SSSR count). The van der Waals surface area contributed by atoms with E-state index in [2.05, 4.69) is 30.6 Å². The van der Waals surface area contributed by atoms with Crippen LogP contribution in [0.1, 0.15) is 11.4 Å². The van der Waals surface area contributed by atoms with Crippen LogP contribution in [0.15, 0.2) is 25.0 Å². The van der Waals surface area contributed by atoms with Crippen LogP contribution in [-0.4, -0.2) is 43.1 Å². The summed E-state index contributed by atoms with van der Waals surface area (Å²) in [7, 11) is 0. The first-order valence-corrected chi connectivity index (χ1v) is 5.87. The van der Waals surface area contributed by atoms with Gasteiger partial charge in [0.15, 0.2) is 0 Å². The van der Waals surface area contributed by atoms with Gasteiger partial charge in [0.1, 0.15) is 6.04 Å². The van der Waals surface area contributed by atoms with E-state index >= 15 is 0 Å². The number of aromatic amines is 2. The molecule has 0 radical (unpaired) electrons. The lowest BCUT2D eigenvalue weighted by atomic mass is 10.2. The Labute approximate surface area is 113 Å². The largest absolute Gasteiger partial charge is 0.480 e. The van der Waals surface area contributed by atoms with Crippen LogP contribution in [0.4, 0.5) is 4.79 Å². The maximum absolute atomic E-state index is 11.6. The van der Waals surface area contributed by atoms with E-state index in [0.29, 0.717) is 5.69 Å². The number of imidazole rings is 2. The normalized spacial score (nSPS) is 11.8. The zero-order valence-corrected chi connectivity index (χ0v) is 10.5. The summed E-state index contributed by atoms with van der Waals surface area (Å²) in [5.74, 6) is -1.11. The summed E-state index contributed by atoms with van der Waals surface area (Å²) in [6.45, 7) is 0.238. The predicted molar refractivity (Wildman–Crippen MR) is 67.7 cm³/mol. The van der Waals surface area contributed by atoms with Crippen LogP contribution >= 0.6 is 0 Å². The van der Waals surface area contributed by atoms with Gasteiger partial charge in [-0.25, -0.2) is 19.6 Å². The molecular weight excluding hydrogens is 264 g/mol. The van der Waals surface area contributed by atoms with E-state index in [1.807, 2.05) is 0 Å². The van der Waals surface area contributed by atoms with Crippen molar-refractivity contribution in [1.29, 1.82) is 0 Å². The number of rotatable bonds is 6. The van der Waals surface area contributed by atoms with Gasteiger partial charge in [-0.1, -0.05) is 0 Å². The van der Waals surface area contributed by atoms with E-state index in [-0.39, 0.29) is 13.0 Å². The van der Waals surface area contributed by atoms with Gasteiger partial charge in [-0.3, -0.25) is 0 Å². The predicted octanol–water partition coefficient (Wildman–Crippen LogP) is -0.372. The van der Waals surface area contributed by atoms with Crippen LogP contribution in [0, 0.1) is 0 Å². The molecule has 0 aliphatic heterocycles. The highest BCUT2D eigenvalue weighted by Gasteiger charge is 2.20. The second kappa shape index (κ2) is 6.36. The molecule has 5 N–H and O–H groups in total. The average molecular weight is 278 g/mol. The number of urea groups is 1. The van der Waals surface area contributed by atoms with Gasteiger partial charge in [-0.05, 0) is 0 Å². The standard InChI is InChI=1S/C11H14N6O3/c18-10(19)9(1-7-2-12-5-15-7)17-11(20)14-4-8-3-13-6-16-8/h2-3,5-6,9H,1,4H2,(H,12,15)(H,13,16)(H,18,19)(H2,14,17,20)/t9-/m1/s1. The number of carbonyl (C=O) groups excluding carboxylic acids is 1. The van der Waals surface area contributed by atoms with E-state index in [0.717, 1.165) is 5.69 Å². The van der Waals surface area contributed by atoms with E-state index in [1.165, 1.54) is 18.9 Å². The molecule has 0 saturated carbocycles. The summed E-state index contributed by atoms with van der Waals surface area (Å²) in [6.07, 6.45) is 6.16. The lowest BCUT2D eigenvalue weighted by molar-refractivity contribution is -0.139. The minimum absolute atomic E-state index is 0.132. The van der Waals surface area contributed by atoms with E-state index in [4.69, 9.17) is 5.11 Å². The maximum atomic E-state index is 11.6. The molecule has 2 aromatic rings. The first-order chi connectivity index (χ1) is 9.65. The Kier molecular flexibility index (Phi) is 4.32. The Bertz CT molecular complexity index is 551. The highest BCUT2D eigenvalue weighted by molar-refractivity contribution is 5.82. The molecule has 9 nitrogen and oxygen atoms in total. The number of aliphatic carboxylic acids is 1. The molecular formula is C11H14N6O3. The summed E-state index contributed by atoms with van der Waals surface area (Å²) in [4.78, 5) is 36.0. The third-order valence-electron chi connectivity index (χ3n) is 2.58. The number of carbonyl (C=O) groups is 2. The van der Waals surface area contributed by atoms with Gasteiger partial charge in [0, 0.05) is 24.5 Å². The van der Waals surface area contributed by atoms with Crippen molar-refractivity contribution in [2.24, 2.45) is 0 Å². The molecule has 1 atom stereocenters. The molecule has 106 valence electrons. The topological polar surface area (TPSA) is 136 Å². The van der Waals surface area contributed by atoms with Crippen LogP contribution in [0.3, 0.4) is 0 Å². The Morgan fingerprint density at radius 1 is 1.20 bits per heavy atom. The molecule has 0 saturated heterocycles. The van der Waals surface area contributed by atoms with Crippen molar-refractivity contribution in [3.63, 3.8) is 0 Å². The summed E-state index contributed by atoms with van der Waals surface area (Å²) in [6, 6.07) is -1.59. The Balaban J connectivity index is 1.84. The molecule has 2 aromatic heterocycles. The van der Waals surface area contributed by atoms with E-state index < -0.39 is 18.0 Å². The molecule has 0 fully saturated rings. The van der Waals surface area contributed by atoms with Crippen LogP contribution in [0.5, 0.6) is 0 Å².